The number of nitrogens with zero attached hydrogens (tertiary/aromatic N) is 4. The summed E-state index contributed by atoms with van der Waals surface area (Å²) in [6.45, 7) is 7.87. The van der Waals surface area contributed by atoms with E-state index in [1.807, 2.05) is 31.3 Å². The monoisotopic (exact) mass is 361 g/mol. The van der Waals surface area contributed by atoms with E-state index in [1.54, 1.807) is 0 Å². The Morgan fingerprint density at radius 3 is 2.44 bits per heavy atom. The van der Waals surface area contributed by atoms with Crippen molar-refractivity contribution < 1.29 is 0 Å². The Morgan fingerprint density at radius 1 is 1.07 bits per heavy atom. The molecule has 5 nitrogen and oxygen atoms in total. The summed E-state index contributed by atoms with van der Waals surface area (Å²) in [7, 11) is 1.83. The summed E-state index contributed by atoms with van der Waals surface area (Å²) >= 11 is 0. The molecule has 0 unspecified atom stereocenters. The van der Waals surface area contributed by atoms with Gasteiger partial charge >= 0.3 is 0 Å². The van der Waals surface area contributed by atoms with Gasteiger partial charge in [0.2, 0.25) is 0 Å². The van der Waals surface area contributed by atoms with Gasteiger partial charge in [0.05, 0.1) is 11.6 Å². The van der Waals surface area contributed by atoms with E-state index in [1.165, 1.54) is 11.1 Å². The quantitative estimate of drug-likeness (QED) is 0.672. The Morgan fingerprint density at radius 2 is 1.81 bits per heavy atom. The normalized spacial score (nSPS) is 15.4. The van der Waals surface area contributed by atoms with Crippen LogP contribution in [0.15, 0.2) is 53.5 Å². The molecule has 1 N–H and O–H groups in total. The Hall–Kier alpha value is -2.84. The number of rotatable bonds is 4. The van der Waals surface area contributed by atoms with Crippen LogP contribution in [0.1, 0.15) is 22.3 Å². The van der Waals surface area contributed by atoms with Crippen LogP contribution >= 0.6 is 0 Å². The van der Waals surface area contributed by atoms with Gasteiger partial charge in [-0.3, -0.25) is 9.89 Å². The number of piperazine rings is 1. The summed E-state index contributed by atoms with van der Waals surface area (Å²) in [6, 6.07) is 18.6. The zero-order valence-corrected chi connectivity index (χ0v) is 16.2. The molecule has 0 aliphatic carbocycles. The van der Waals surface area contributed by atoms with Crippen LogP contribution in [-0.2, 0) is 13.1 Å². The first-order valence-corrected chi connectivity index (χ1v) is 9.40. The summed E-state index contributed by atoms with van der Waals surface area (Å²) in [5, 5.41) is 12.3. The van der Waals surface area contributed by atoms with Crippen molar-refractivity contribution >= 4 is 5.96 Å². The van der Waals surface area contributed by atoms with Gasteiger partial charge in [-0.2, -0.15) is 5.26 Å². The van der Waals surface area contributed by atoms with Crippen LogP contribution < -0.4 is 5.32 Å². The van der Waals surface area contributed by atoms with Gasteiger partial charge in [0.15, 0.2) is 5.96 Å². The van der Waals surface area contributed by atoms with E-state index < -0.39 is 0 Å². The average Bonchev–Trinajstić information content (AvgIpc) is 2.70. The second-order valence-electron chi connectivity index (χ2n) is 6.96. The van der Waals surface area contributed by atoms with Crippen molar-refractivity contribution in [3.8, 4) is 6.07 Å². The first-order chi connectivity index (χ1) is 13.2. The molecule has 2 aromatic carbocycles. The summed E-state index contributed by atoms with van der Waals surface area (Å²) in [6.07, 6.45) is 0. The van der Waals surface area contributed by atoms with E-state index in [2.05, 4.69) is 57.4 Å². The third kappa shape index (κ3) is 5.32. The molecule has 5 heteroatoms. The van der Waals surface area contributed by atoms with E-state index in [4.69, 9.17) is 5.26 Å². The van der Waals surface area contributed by atoms with E-state index in [-0.39, 0.29) is 0 Å². The molecule has 1 fully saturated rings. The molecule has 3 rings (SSSR count). The molecule has 0 aromatic heterocycles. The van der Waals surface area contributed by atoms with Gasteiger partial charge in [-0.1, -0.05) is 42.0 Å². The molecule has 27 heavy (non-hydrogen) atoms. The van der Waals surface area contributed by atoms with Crippen LogP contribution in [0.4, 0.5) is 0 Å². The minimum absolute atomic E-state index is 0.688. The Balaban J connectivity index is 1.48. The van der Waals surface area contributed by atoms with E-state index in [0.717, 1.165) is 44.2 Å². The van der Waals surface area contributed by atoms with Gasteiger partial charge in [-0.15, -0.1) is 0 Å². The molecular formula is C22H27N5. The van der Waals surface area contributed by atoms with Crippen LogP contribution in [0.25, 0.3) is 0 Å². The standard InChI is InChI=1S/C22H27N5/c1-18-4-3-5-21(14-18)17-26-10-12-27(13-11-26)22(24-2)25-16-20-8-6-19(15-23)7-9-20/h3-9,14H,10-13,16-17H2,1-2H3,(H,24,25). The van der Waals surface area contributed by atoms with Crippen molar-refractivity contribution in [2.45, 2.75) is 20.0 Å². The SMILES string of the molecule is CN=C(NCc1ccc(C#N)cc1)N1CCN(Cc2cccc(C)c2)CC1. The van der Waals surface area contributed by atoms with Crippen LogP contribution in [-0.4, -0.2) is 49.0 Å². The molecule has 0 bridgehead atoms. The van der Waals surface area contributed by atoms with Gasteiger partial charge < -0.3 is 10.2 Å². The molecule has 0 radical (unpaired) electrons. The lowest BCUT2D eigenvalue weighted by Crippen LogP contribution is -2.52. The average molecular weight is 361 g/mol. The fraction of sp³-hybridized carbons (Fsp3) is 0.364. The third-order valence-corrected chi connectivity index (χ3v) is 4.91. The predicted octanol–water partition coefficient (Wildman–Crippen LogP) is 2.76. The van der Waals surface area contributed by atoms with Gasteiger partial charge in [0.1, 0.15) is 0 Å². The highest BCUT2D eigenvalue weighted by Crippen LogP contribution is 2.11. The van der Waals surface area contributed by atoms with Crippen LogP contribution in [0.2, 0.25) is 0 Å². The number of aliphatic imine (C=N–C) groups is 1. The molecule has 0 atom stereocenters. The maximum atomic E-state index is 8.89. The zero-order chi connectivity index (χ0) is 19.1. The maximum absolute atomic E-state index is 8.89. The number of hydrogen-bond acceptors (Lipinski definition) is 3. The lowest BCUT2D eigenvalue weighted by molar-refractivity contribution is 0.172. The van der Waals surface area contributed by atoms with Crippen LogP contribution in [0.3, 0.4) is 0 Å². The minimum atomic E-state index is 0.688. The van der Waals surface area contributed by atoms with Crippen LogP contribution in [0, 0.1) is 18.3 Å². The summed E-state index contributed by atoms with van der Waals surface area (Å²) in [4.78, 5) is 9.26. The van der Waals surface area contributed by atoms with E-state index in [9.17, 15) is 0 Å². The molecule has 0 saturated carbocycles. The summed E-state index contributed by atoms with van der Waals surface area (Å²) < 4.78 is 0. The van der Waals surface area contributed by atoms with Gasteiger partial charge in [-0.05, 0) is 30.2 Å². The Kier molecular flexibility index (Phi) is 6.45. The van der Waals surface area contributed by atoms with E-state index >= 15 is 0 Å². The molecule has 1 aliphatic rings. The number of hydrogen-bond donors (Lipinski definition) is 1. The number of aryl methyl sites for hydroxylation is 1. The number of benzene rings is 2. The molecule has 1 aliphatic heterocycles. The van der Waals surface area contributed by atoms with Crippen LogP contribution in [0.5, 0.6) is 0 Å². The molecule has 0 spiro atoms. The Bertz CT molecular complexity index is 811. The second kappa shape index (κ2) is 9.20. The van der Waals surface area contributed by atoms with Gasteiger partial charge in [-0.25, -0.2) is 0 Å². The molecule has 1 heterocycles. The molecule has 2 aromatic rings. The fourth-order valence-corrected chi connectivity index (χ4v) is 3.40. The Labute approximate surface area is 161 Å². The zero-order valence-electron chi connectivity index (χ0n) is 16.2. The minimum Gasteiger partial charge on any atom is -0.352 e. The van der Waals surface area contributed by atoms with Crippen molar-refractivity contribution in [2.75, 3.05) is 33.2 Å². The van der Waals surface area contributed by atoms with Gasteiger partial charge in [0.25, 0.3) is 0 Å². The fourth-order valence-electron chi connectivity index (χ4n) is 3.40. The van der Waals surface area contributed by atoms with Crippen molar-refractivity contribution in [1.29, 1.82) is 5.26 Å². The highest BCUT2D eigenvalue weighted by Gasteiger charge is 2.19. The lowest BCUT2D eigenvalue weighted by atomic mass is 10.1. The molecule has 140 valence electrons. The predicted molar refractivity (Wildman–Crippen MR) is 109 cm³/mol. The maximum Gasteiger partial charge on any atom is 0.194 e. The number of guanidine groups is 1. The van der Waals surface area contributed by atoms with Crippen molar-refractivity contribution in [3.63, 3.8) is 0 Å². The highest BCUT2D eigenvalue weighted by molar-refractivity contribution is 5.80. The second-order valence-corrected chi connectivity index (χ2v) is 6.96. The topological polar surface area (TPSA) is 54.7 Å². The third-order valence-electron chi connectivity index (χ3n) is 4.91. The van der Waals surface area contributed by atoms with Crippen molar-refractivity contribution in [3.05, 3.63) is 70.8 Å². The number of nitrogens with one attached hydrogen (secondary N) is 1. The summed E-state index contributed by atoms with van der Waals surface area (Å²) in [5.74, 6) is 0.939. The smallest absolute Gasteiger partial charge is 0.194 e. The van der Waals surface area contributed by atoms with Crippen molar-refractivity contribution in [1.82, 2.24) is 15.1 Å². The largest absolute Gasteiger partial charge is 0.352 e. The molecular weight excluding hydrogens is 334 g/mol. The van der Waals surface area contributed by atoms with E-state index in [0.29, 0.717) is 12.1 Å². The molecule has 0 amide bonds. The lowest BCUT2D eigenvalue weighted by Gasteiger charge is -2.36. The van der Waals surface area contributed by atoms with Gasteiger partial charge in [0, 0.05) is 46.3 Å². The highest BCUT2D eigenvalue weighted by atomic mass is 15.3. The first kappa shape index (κ1) is 18.9. The summed E-state index contributed by atoms with van der Waals surface area (Å²) in [5.41, 5.74) is 4.53. The first-order valence-electron chi connectivity index (χ1n) is 9.40. The number of nitriles is 1. The molecule has 1 saturated heterocycles. The van der Waals surface area contributed by atoms with Crippen molar-refractivity contribution in [2.24, 2.45) is 4.99 Å².